The zero-order chi connectivity index (χ0) is 13.8. The number of hydrogen-bond acceptors (Lipinski definition) is 4. The lowest BCUT2D eigenvalue weighted by molar-refractivity contribution is -0.111. The zero-order valence-corrected chi connectivity index (χ0v) is 12.2. The minimum absolute atomic E-state index is 0.217. The second-order valence-electron chi connectivity index (χ2n) is 3.94. The summed E-state index contributed by atoms with van der Waals surface area (Å²) < 4.78 is 0. The quantitative estimate of drug-likeness (QED) is 0.869. The number of hydrogen-bond donors (Lipinski definition) is 1. The third kappa shape index (κ3) is 3.11. The van der Waals surface area contributed by atoms with Crippen LogP contribution in [-0.4, -0.2) is 5.91 Å². The number of nitrogens with one attached hydrogen (secondary N) is 1. The molecule has 1 N–H and O–H groups in total. The molecule has 0 radical (unpaired) electrons. The minimum atomic E-state index is -0.217. The first-order chi connectivity index (χ1) is 9.11. The molecule has 0 aliphatic heterocycles. The Bertz CT molecular complexity index is 660. The highest BCUT2D eigenvalue weighted by Crippen LogP contribution is 2.31. The van der Waals surface area contributed by atoms with Crippen molar-refractivity contribution in [2.45, 2.75) is 13.8 Å². The van der Waals surface area contributed by atoms with Crippen LogP contribution in [0.1, 0.15) is 20.9 Å². The number of thiophene rings is 2. The molecule has 5 heteroatoms. The molecule has 0 unspecified atom stereocenters. The van der Waals surface area contributed by atoms with Crippen molar-refractivity contribution in [2.24, 2.45) is 0 Å². The molecule has 2 heterocycles. The number of nitrogens with zero attached hydrogens (tertiary/aromatic N) is 1. The number of anilines is 1. The van der Waals surface area contributed by atoms with E-state index in [2.05, 4.69) is 11.4 Å². The molecule has 2 aromatic rings. The number of nitriles is 1. The van der Waals surface area contributed by atoms with Crippen LogP contribution in [0.3, 0.4) is 0 Å². The molecule has 0 fully saturated rings. The van der Waals surface area contributed by atoms with Crippen LogP contribution in [0.2, 0.25) is 0 Å². The highest BCUT2D eigenvalue weighted by Gasteiger charge is 2.13. The van der Waals surface area contributed by atoms with Gasteiger partial charge in [-0.05, 0) is 36.9 Å². The van der Waals surface area contributed by atoms with Gasteiger partial charge in [0.25, 0.3) is 0 Å². The summed E-state index contributed by atoms with van der Waals surface area (Å²) in [6.07, 6.45) is 3.25. The fourth-order valence-electron chi connectivity index (χ4n) is 1.55. The molecule has 2 aromatic heterocycles. The van der Waals surface area contributed by atoms with Gasteiger partial charge in [0.1, 0.15) is 11.1 Å². The molecule has 0 aliphatic carbocycles. The number of amides is 1. The van der Waals surface area contributed by atoms with E-state index in [1.54, 1.807) is 17.4 Å². The van der Waals surface area contributed by atoms with E-state index in [1.807, 2.05) is 31.4 Å². The average Bonchev–Trinajstić information content (AvgIpc) is 2.97. The number of carbonyl (C=O) groups is 1. The van der Waals surface area contributed by atoms with Crippen LogP contribution in [0.4, 0.5) is 5.00 Å². The molecular weight excluding hydrogens is 276 g/mol. The van der Waals surface area contributed by atoms with Crippen LogP contribution in [0, 0.1) is 25.2 Å². The summed E-state index contributed by atoms with van der Waals surface area (Å²) >= 11 is 3.00. The summed E-state index contributed by atoms with van der Waals surface area (Å²) in [6, 6.07) is 6.01. The fraction of sp³-hybridized carbons (Fsp3) is 0.143. The molecule has 0 bridgehead atoms. The second kappa shape index (κ2) is 5.83. The Balaban J connectivity index is 2.12. The molecule has 0 saturated carbocycles. The molecular formula is C14H12N2OS2. The van der Waals surface area contributed by atoms with E-state index < -0.39 is 0 Å². The maximum Gasteiger partial charge on any atom is 0.249 e. The maximum atomic E-state index is 11.8. The summed E-state index contributed by atoms with van der Waals surface area (Å²) in [5, 5.41) is 14.4. The highest BCUT2D eigenvalue weighted by atomic mass is 32.1. The average molecular weight is 288 g/mol. The summed E-state index contributed by atoms with van der Waals surface area (Å²) in [5.41, 5.74) is 1.49. The molecule has 0 saturated heterocycles. The van der Waals surface area contributed by atoms with Crippen LogP contribution < -0.4 is 5.32 Å². The maximum absolute atomic E-state index is 11.8. The van der Waals surface area contributed by atoms with Gasteiger partial charge in [-0.2, -0.15) is 5.26 Å². The van der Waals surface area contributed by atoms with Crippen LogP contribution in [0.5, 0.6) is 0 Å². The van der Waals surface area contributed by atoms with Crippen LogP contribution in [0.25, 0.3) is 6.08 Å². The molecule has 96 valence electrons. The van der Waals surface area contributed by atoms with Gasteiger partial charge in [0.05, 0.1) is 5.56 Å². The van der Waals surface area contributed by atoms with Crippen LogP contribution >= 0.6 is 22.7 Å². The van der Waals surface area contributed by atoms with Crippen LogP contribution in [-0.2, 0) is 4.79 Å². The largest absolute Gasteiger partial charge is 0.313 e. The first kappa shape index (κ1) is 13.5. The minimum Gasteiger partial charge on any atom is -0.313 e. The van der Waals surface area contributed by atoms with E-state index >= 15 is 0 Å². The van der Waals surface area contributed by atoms with Gasteiger partial charge in [0.2, 0.25) is 5.91 Å². The predicted molar refractivity (Wildman–Crippen MR) is 80.5 cm³/mol. The SMILES string of the molecule is Cc1sc(NC(=O)/C=C/c2cccs2)c(C#N)c1C. The molecule has 3 nitrogen and oxygen atoms in total. The normalized spacial score (nSPS) is 10.6. The van der Waals surface area contributed by atoms with Crippen molar-refractivity contribution in [1.82, 2.24) is 0 Å². The monoisotopic (exact) mass is 288 g/mol. The third-order valence-electron chi connectivity index (χ3n) is 2.68. The Morgan fingerprint density at radius 2 is 2.26 bits per heavy atom. The van der Waals surface area contributed by atoms with E-state index in [9.17, 15) is 4.79 Å². The highest BCUT2D eigenvalue weighted by molar-refractivity contribution is 7.16. The van der Waals surface area contributed by atoms with Gasteiger partial charge in [-0.1, -0.05) is 6.07 Å². The molecule has 1 amide bonds. The Morgan fingerprint density at radius 1 is 1.47 bits per heavy atom. The summed E-state index contributed by atoms with van der Waals surface area (Å²) in [7, 11) is 0. The van der Waals surface area contributed by atoms with Gasteiger partial charge in [-0.3, -0.25) is 4.79 Å². The van der Waals surface area contributed by atoms with E-state index in [0.29, 0.717) is 10.6 Å². The van der Waals surface area contributed by atoms with Gasteiger partial charge < -0.3 is 5.32 Å². The van der Waals surface area contributed by atoms with Crippen molar-refractivity contribution in [2.75, 3.05) is 5.32 Å². The Labute approximate surface area is 119 Å². The molecule has 0 aromatic carbocycles. The van der Waals surface area contributed by atoms with Crippen molar-refractivity contribution in [3.63, 3.8) is 0 Å². The molecule has 0 atom stereocenters. The van der Waals surface area contributed by atoms with Crippen molar-refractivity contribution >= 4 is 39.7 Å². The van der Waals surface area contributed by atoms with E-state index in [1.165, 1.54) is 17.4 Å². The molecule has 2 rings (SSSR count). The van der Waals surface area contributed by atoms with E-state index in [0.717, 1.165) is 15.3 Å². The van der Waals surface area contributed by atoms with Gasteiger partial charge in [0, 0.05) is 15.8 Å². The lowest BCUT2D eigenvalue weighted by Gasteiger charge is -1.98. The first-order valence-corrected chi connectivity index (χ1v) is 7.34. The Kier molecular flexibility index (Phi) is 4.15. The smallest absolute Gasteiger partial charge is 0.249 e. The van der Waals surface area contributed by atoms with E-state index in [4.69, 9.17) is 5.26 Å². The standard InChI is InChI=1S/C14H12N2OS2/c1-9-10(2)19-14(12(9)8-15)16-13(17)6-5-11-4-3-7-18-11/h3-7H,1-2H3,(H,16,17)/b6-5+. The van der Waals surface area contributed by atoms with Gasteiger partial charge in [0.15, 0.2) is 0 Å². The van der Waals surface area contributed by atoms with Crippen LogP contribution in [0.15, 0.2) is 23.6 Å². The molecule has 19 heavy (non-hydrogen) atoms. The fourth-order valence-corrected chi connectivity index (χ4v) is 3.18. The number of carbonyl (C=O) groups excluding carboxylic acids is 1. The van der Waals surface area contributed by atoms with Crippen molar-refractivity contribution in [1.29, 1.82) is 5.26 Å². The van der Waals surface area contributed by atoms with Crippen molar-refractivity contribution < 1.29 is 4.79 Å². The lowest BCUT2D eigenvalue weighted by atomic mass is 10.2. The van der Waals surface area contributed by atoms with Gasteiger partial charge in [-0.15, -0.1) is 22.7 Å². The van der Waals surface area contributed by atoms with Crippen molar-refractivity contribution in [3.8, 4) is 6.07 Å². The van der Waals surface area contributed by atoms with E-state index in [-0.39, 0.29) is 5.91 Å². The molecule has 0 aliphatic rings. The number of rotatable bonds is 3. The molecule has 0 spiro atoms. The first-order valence-electron chi connectivity index (χ1n) is 5.64. The number of aryl methyl sites for hydroxylation is 1. The predicted octanol–water partition coefficient (Wildman–Crippen LogP) is 3.95. The zero-order valence-electron chi connectivity index (χ0n) is 10.6. The Hall–Kier alpha value is -1.90. The van der Waals surface area contributed by atoms with Crippen molar-refractivity contribution in [3.05, 3.63) is 44.5 Å². The van der Waals surface area contributed by atoms with Gasteiger partial charge in [-0.25, -0.2) is 0 Å². The summed E-state index contributed by atoms with van der Waals surface area (Å²) in [6.45, 7) is 3.83. The third-order valence-corrected chi connectivity index (χ3v) is 4.64. The van der Waals surface area contributed by atoms with Gasteiger partial charge >= 0.3 is 0 Å². The summed E-state index contributed by atoms with van der Waals surface area (Å²) in [5.74, 6) is -0.217. The summed E-state index contributed by atoms with van der Waals surface area (Å²) in [4.78, 5) is 13.9. The second-order valence-corrected chi connectivity index (χ2v) is 6.14. The topological polar surface area (TPSA) is 52.9 Å². The lowest BCUT2D eigenvalue weighted by Crippen LogP contribution is -2.07. The Morgan fingerprint density at radius 3 is 2.89 bits per heavy atom.